The summed E-state index contributed by atoms with van der Waals surface area (Å²) in [6.07, 6.45) is 2.74. The first-order valence-electron chi connectivity index (χ1n) is 8.75. The summed E-state index contributed by atoms with van der Waals surface area (Å²) in [5, 5.41) is 14.2. The molecule has 3 rings (SSSR count). The summed E-state index contributed by atoms with van der Waals surface area (Å²) in [6, 6.07) is 4.49. The SMILES string of the molecule is COc1ccc(S(=O)(=O)N2CCCCC2)cc1NC(=O)CSc1nnnn1C. The van der Waals surface area contributed by atoms with Gasteiger partial charge in [-0.2, -0.15) is 4.31 Å². The summed E-state index contributed by atoms with van der Waals surface area (Å²) in [5.74, 6) is 0.135. The Morgan fingerprint density at radius 1 is 1.29 bits per heavy atom. The normalized spacial score (nSPS) is 15.4. The molecule has 152 valence electrons. The highest BCUT2D eigenvalue weighted by Crippen LogP contribution is 2.30. The van der Waals surface area contributed by atoms with Crippen LogP contribution in [0.3, 0.4) is 0 Å². The summed E-state index contributed by atoms with van der Waals surface area (Å²) >= 11 is 1.17. The van der Waals surface area contributed by atoms with Crippen molar-refractivity contribution in [3.05, 3.63) is 18.2 Å². The molecule has 1 aliphatic rings. The Hall–Kier alpha value is -2.18. The zero-order chi connectivity index (χ0) is 20.1. The topological polar surface area (TPSA) is 119 Å². The van der Waals surface area contributed by atoms with Crippen LogP contribution in [0.4, 0.5) is 5.69 Å². The van der Waals surface area contributed by atoms with Crippen molar-refractivity contribution in [3.63, 3.8) is 0 Å². The fourth-order valence-corrected chi connectivity index (χ4v) is 5.05. The van der Waals surface area contributed by atoms with Gasteiger partial charge < -0.3 is 10.1 Å². The molecular weight excluding hydrogens is 404 g/mol. The van der Waals surface area contributed by atoms with Crippen molar-refractivity contribution in [1.29, 1.82) is 0 Å². The number of sulfonamides is 1. The van der Waals surface area contributed by atoms with Crippen molar-refractivity contribution in [2.24, 2.45) is 7.05 Å². The molecule has 2 heterocycles. The van der Waals surface area contributed by atoms with Crippen LogP contribution >= 0.6 is 11.8 Å². The lowest BCUT2D eigenvalue weighted by Gasteiger charge is -2.26. The molecule has 0 spiro atoms. The van der Waals surface area contributed by atoms with Gasteiger partial charge in [0.15, 0.2) is 0 Å². The quantitative estimate of drug-likeness (QED) is 0.654. The van der Waals surface area contributed by atoms with Crippen molar-refractivity contribution in [1.82, 2.24) is 24.5 Å². The molecule has 1 N–H and O–H groups in total. The minimum atomic E-state index is -3.61. The third kappa shape index (κ3) is 4.62. The minimum absolute atomic E-state index is 0.0699. The van der Waals surface area contributed by atoms with E-state index >= 15 is 0 Å². The molecule has 1 fully saturated rings. The molecule has 0 unspecified atom stereocenters. The molecule has 1 aromatic carbocycles. The Bertz CT molecular complexity index is 940. The lowest BCUT2D eigenvalue weighted by molar-refractivity contribution is -0.113. The number of tetrazole rings is 1. The number of thioether (sulfide) groups is 1. The number of hydrogen-bond acceptors (Lipinski definition) is 8. The highest BCUT2D eigenvalue weighted by molar-refractivity contribution is 7.99. The number of hydrogen-bond donors (Lipinski definition) is 1. The molecule has 1 saturated heterocycles. The Kier molecular flexibility index (Phi) is 6.52. The predicted molar refractivity (Wildman–Crippen MR) is 104 cm³/mol. The summed E-state index contributed by atoms with van der Waals surface area (Å²) in [7, 11) is -0.466. The summed E-state index contributed by atoms with van der Waals surface area (Å²) in [5.41, 5.74) is 0.308. The van der Waals surface area contributed by atoms with Gasteiger partial charge in [-0.25, -0.2) is 13.1 Å². The van der Waals surface area contributed by atoms with E-state index in [1.807, 2.05) is 0 Å². The molecule has 0 aliphatic carbocycles. The van der Waals surface area contributed by atoms with Crippen molar-refractivity contribution in [3.8, 4) is 5.75 Å². The van der Waals surface area contributed by atoms with Crippen molar-refractivity contribution < 1.29 is 17.9 Å². The minimum Gasteiger partial charge on any atom is -0.495 e. The second kappa shape index (κ2) is 8.88. The van der Waals surface area contributed by atoms with E-state index in [2.05, 4.69) is 20.8 Å². The van der Waals surface area contributed by atoms with Crippen LogP contribution in [0.25, 0.3) is 0 Å². The second-order valence-corrected chi connectivity index (χ2v) is 9.13. The molecule has 12 heteroatoms. The summed E-state index contributed by atoms with van der Waals surface area (Å²) in [4.78, 5) is 12.5. The molecule has 0 bridgehead atoms. The standard InChI is InChI=1S/C16H22N6O4S2/c1-21-16(18-19-20-21)27-11-15(23)17-13-10-12(6-7-14(13)26-2)28(24,25)22-8-4-3-5-9-22/h6-7,10H,3-5,8-9,11H2,1-2H3,(H,17,23). The number of carbonyl (C=O) groups is 1. The number of anilines is 1. The molecule has 1 aromatic heterocycles. The van der Waals surface area contributed by atoms with E-state index in [-0.39, 0.29) is 16.6 Å². The van der Waals surface area contributed by atoms with Gasteiger partial charge in [0.25, 0.3) is 0 Å². The maximum Gasteiger partial charge on any atom is 0.243 e. The lowest BCUT2D eigenvalue weighted by atomic mass is 10.2. The van der Waals surface area contributed by atoms with Crippen molar-refractivity contribution in [2.45, 2.75) is 29.3 Å². The van der Waals surface area contributed by atoms with Crippen LogP contribution in [0.2, 0.25) is 0 Å². The van der Waals surface area contributed by atoms with Gasteiger partial charge in [-0.1, -0.05) is 18.2 Å². The maximum absolute atomic E-state index is 12.9. The van der Waals surface area contributed by atoms with Crippen molar-refractivity contribution >= 4 is 33.4 Å². The van der Waals surface area contributed by atoms with Gasteiger partial charge >= 0.3 is 0 Å². The number of benzene rings is 1. The predicted octanol–water partition coefficient (Wildman–Crippen LogP) is 1.12. The van der Waals surface area contributed by atoms with E-state index in [1.54, 1.807) is 13.1 Å². The van der Waals surface area contributed by atoms with Crippen LogP contribution in [0.15, 0.2) is 28.3 Å². The van der Waals surface area contributed by atoms with E-state index in [1.165, 1.54) is 40.0 Å². The average molecular weight is 427 g/mol. The first kappa shape index (κ1) is 20.6. The number of amides is 1. The zero-order valence-electron chi connectivity index (χ0n) is 15.7. The molecule has 1 aliphatic heterocycles. The summed E-state index contributed by atoms with van der Waals surface area (Å²) in [6.45, 7) is 1.02. The molecule has 0 radical (unpaired) electrons. The molecule has 2 aromatic rings. The number of methoxy groups -OCH3 is 1. The highest BCUT2D eigenvalue weighted by Gasteiger charge is 2.27. The fourth-order valence-electron chi connectivity index (χ4n) is 2.86. The third-order valence-corrected chi connectivity index (χ3v) is 7.22. The van der Waals surface area contributed by atoms with Crippen molar-refractivity contribution in [2.75, 3.05) is 31.3 Å². The number of nitrogens with one attached hydrogen (secondary N) is 1. The Balaban J connectivity index is 1.75. The van der Waals surface area contributed by atoms with E-state index in [0.717, 1.165) is 19.3 Å². The average Bonchev–Trinajstić information content (AvgIpc) is 3.12. The van der Waals surface area contributed by atoms with Crippen LogP contribution in [0, 0.1) is 0 Å². The largest absolute Gasteiger partial charge is 0.495 e. The molecular formula is C16H22N6O4S2. The number of carbonyl (C=O) groups excluding carboxylic acids is 1. The Morgan fingerprint density at radius 2 is 2.04 bits per heavy atom. The number of aryl methyl sites for hydroxylation is 1. The Morgan fingerprint density at radius 3 is 2.68 bits per heavy atom. The van der Waals surface area contributed by atoms with Gasteiger partial charge in [0.2, 0.25) is 21.1 Å². The second-order valence-electron chi connectivity index (χ2n) is 6.25. The molecule has 0 atom stereocenters. The van der Waals surface area contributed by atoms with E-state index in [4.69, 9.17) is 4.74 Å². The Labute approximate surface area is 167 Å². The first-order chi connectivity index (χ1) is 13.4. The number of rotatable bonds is 7. The number of piperidine rings is 1. The lowest BCUT2D eigenvalue weighted by Crippen LogP contribution is -2.35. The fraction of sp³-hybridized carbons (Fsp3) is 0.500. The number of ether oxygens (including phenoxy) is 1. The van der Waals surface area contributed by atoms with Gasteiger partial charge in [0, 0.05) is 20.1 Å². The molecule has 0 saturated carbocycles. The van der Waals surface area contributed by atoms with Crippen LogP contribution in [0.5, 0.6) is 5.75 Å². The monoisotopic (exact) mass is 426 g/mol. The zero-order valence-corrected chi connectivity index (χ0v) is 17.3. The summed E-state index contributed by atoms with van der Waals surface area (Å²) < 4.78 is 34.0. The molecule has 1 amide bonds. The smallest absolute Gasteiger partial charge is 0.243 e. The molecule has 28 heavy (non-hydrogen) atoms. The van der Waals surface area contributed by atoms with Crippen LogP contribution in [0.1, 0.15) is 19.3 Å². The van der Waals surface area contributed by atoms with E-state index < -0.39 is 10.0 Å². The van der Waals surface area contributed by atoms with E-state index in [9.17, 15) is 13.2 Å². The van der Waals surface area contributed by atoms with Crippen LogP contribution in [-0.4, -0.2) is 64.8 Å². The number of aromatic nitrogens is 4. The van der Waals surface area contributed by atoms with E-state index in [0.29, 0.717) is 29.7 Å². The van der Waals surface area contributed by atoms with Crippen LogP contribution in [-0.2, 0) is 21.9 Å². The van der Waals surface area contributed by atoms with Gasteiger partial charge in [0.05, 0.1) is 23.4 Å². The highest BCUT2D eigenvalue weighted by atomic mass is 32.2. The maximum atomic E-state index is 12.9. The van der Waals surface area contributed by atoms with Gasteiger partial charge in [-0.15, -0.1) is 5.10 Å². The number of nitrogens with zero attached hydrogens (tertiary/aromatic N) is 5. The third-order valence-electron chi connectivity index (χ3n) is 4.31. The van der Waals surface area contributed by atoms with Gasteiger partial charge in [0.1, 0.15) is 5.75 Å². The molecule has 10 nitrogen and oxygen atoms in total. The van der Waals surface area contributed by atoms with Gasteiger partial charge in [-0.05, 0) is 41.5 Å². The van der Waals surface area contributed by atoms with Gasteiger partial charge in [-0.3, -0.25) is 4.79 Å². The first-order valence-corrected chi connectivity index (χ1v) is 11.2. The van der Waals surface area contributed by atoms with Crippen LogP contribution < -0.4 is 10.1 Å².